The first-order valence-electron chi connectivity index (χ1n) is 6.40. The van der Waals surface area contributed by atoms with E-state index in [1.54, 1.807) is 0 Å². The van der Waals surface area contributed by atoms with Crippen molar-refractivity contribution in [1.82, 2.24) is 4.90 Å². The van der Waals surface area contributed by atoms with Crippen LogP contribution in [0.5, 0.6) is 0 Å². The van der Waals surface area contributed by atoms with E-state index in [1.807, 2.05) is 0 Å². The molecule has 0 aromatic heterocycles. The second-order valence-electron chi connectivity index (χ2n) is 5.11. The summed E-state index contributed by atoms with van der Waals surface area (Å²) in [6, 6.07) is 6.71. The Balaban J connectivity index is 1.84. The summed E-state index contributed by atoms with van der Waals surface area (Å²) < 4.78 is 0. The maximum Gasteiger partial charge on any atom is 0.0405 e. The molecule has 0 amide bonds. The molecule has 0 spiro atoms. The molecule has 1 unspecified atom stereocenters. The van der Waals surface area contributed by atoms with E-state index < -0.39 is 0 Å². The standard InChI is InChI=1S/C14H20N2/c1-11-4-2-5-13-12(6-7-15-14(11)13)10-16-8-3-9-16/h2,4-5,12,15H,3,6-10H2,1H3. The van der Waals surface area contributed by atoms with E-state index in [2.05, 4.69) is 35.3 Å². The van der Waals surface area contributed by atoms with Crippen molar-refractivity contribution in [2.75, 3.05) is 31.5 Å². The predicted molar refractivity (Wildman–Crippen MR) is 68.1 cm³/mol. The smallest absolute Gasteiger partial charge is 0.0405 e. The molecule has 1 aromatic carbocycles. The largest absolute Gasteiger partial charge is 0.385 e. The molecule has 2 nitrogen and oxygen atoms in total. The van der Waals surface area contributed by atoms with Gasteiger partial charge >= 0.3 is 0 Å². The Hall–Kier alpha value is -1.02. The Labute approximate surface area is 97.6 Å². The molecule has 2 aliphatic rings. The van der Waals surface area contributed by atoms with Crippen LogP contribution >= 0.6 is 0 Å². The molecule has 1 fully saturated rings. The average molecular weight is 216 g/mol. The molecule has 1 atom stereocenters. The Bertz CT molecular complexity index is 382. The number of nitrogens with zero attached hydrogens (tertiary/aromatic N) is 1. The van der Waals surface area contributed by atoms with Gasteiger partial charge in [-0.2, -0.15) is 0 Å². The van der Waals surface area contributed by atoms with Gasteiger partial charge in [0.15, 0.2) is 0 Å². The molecule has 0 bridgehead atoms. The zero-order chi connectivity index (χ0) is 11.0. The minimum atomic E-state index is 0.747. The van der Waals surface area contributed by atoms with Crippen molar-refractivity contribution in [3.63, 3.8) is 0 Å². The van der Waals surface area contributed by atoms with Crippen LogP contribution < -0.4 is 5.32 Å². The van der Waals surface area contributed by atoms with E-state index in [0.717, 1.165) is 12.5 Å². The zero-order valence-corrected chi connectivity index (χ0v) is 10.00. The fraction of sp³-hybridized carbons (Fsp3) is 0.571. The van der Waals surface area contributed by atoms with Gasteiger partial charge in [0.2, 0.25) is 0 Å². The topological polar surface area (TPSA) is 15.3 Å². The molecule has 2 heterocycles. The van der Waals surface area contributed by atoms with Gasteiger partial charge in [-0.3, -0.25) is 0 Å². The third-order valence-corrected chi connectivity index (χ3v) is 3.97. The van der Waals surface area contributed by atoms with Crippen LogP contribution in [0, 0.1) is 6.92 Å². The highest BCUT2D eigenvalue weighted by Crippen LogP contribution is 2.34. The molecule has 0 aliphatic carbocycles. The Kier molecular flexibility index (Phi) is 2.60. The van der Waals surface area contributed by atoms with Gasteiger partial charge in [0, 0.05) is 24.7 Å². The molecule has 86 valence electrons. The van der Waals surface area contributed by atoms with Gasteiger partial charge in [0.25, 0.3) is 0 Å². The number of anilines is 1. The lowest BCUT2D eigenvalue weighted by molar-refractivity contribution is 0.167. The van der Waals surface area contributed by atoms with Crippen LogP contribution in [-0.4, -0.2) is 31.1 Å². The molecule has 2 aliphatic heterocycles. The summed E-state index contributed by atoms with van der Waals surface area (Å²) >= 11 is 0. The van der Waals surface area contributed by atoms with Gasteiger partial charge < -0.3 is 10.2 Å². The van der Waals surface area contributed by atoms with Crippen molar-refractivity contribution in [1.29, 1.82) is 0 Å². The molecule has 2 heteroatoms. The van der Waals surface area contributed by atoms with Crippen LogP contribution in [0.4, 0.5) is 5.69 Å². The van der Waals surface area contributed by atoms with Crippen LogP contribution in [0.25, 0.3) is 0 Å². The van der Waals surface area contributed by atoms with Crippen molar-refractivity contribution in [3.05, 3.63) is 29.3 Å². The van der Waals surface area contributed by atoms with Crippen LogP contribution in [0.1, 0.15) is 29.9 Å². The van der Waals surface area contributed by atoms with Crippen molar-refractivity contribution >= 4 is 5.69 Å². The highest BCUT2D eigenvalue weighted by molar-refractivity contribution is 5.60. The summed E-state index contributed by atoms with van der Waals surface area (Å²) in [7, 11) is 0. The molecule has 16 heavy (non-hydrogen) atoms. The zero-order valence-electron chi connectivity index (χ0n) is 10.00. The summed E-state index contributed by atoms with van der Waals surface area (Å²) in [4.78, 5) is 2.59. The minimum absolute atomic E-state index is 0.747. The summed E-state index contributed by atoms with van der Waals surface area (Å²) in [5.41, 5.74) is 4.34. The molecule has 3 rings (SSSR count). The summed E-state index contributed by atoms with van der Waals surface area (Å²) in [5.74, 6) is 0.747. The van der Waals surface area contributed by atoms with Crippen molar-refractivity contribution in [2.24, 2.45) is 0 Å². The monoisotopic (exact) mass is 216 g/mol. The first kappa shape index (κ1) is 10.2. The van der Waals surface area contributed by atoms with Crippen molar-refractivity contribution in [3.8, 4) is 0 Å². The molecule has 1 saturated heterocycles. The number of likely N-dealkylation sites (tertiary alicyclic amines) is 1. The molecule has 1 aromatic rings. The van der Waals surface area contributed by atoms with Gasteiger partial charge in [0.1, 0.15) is 0 Å². The lowest BCUT2D eigenvalue weighted by Gasteiger charge is -2.37. The molecular formula is C14H20N2. The SMILES string of the molecule is Cc1cccc2c1NCCC2CN1CCC1. The number of hydrogen-bond donors (Lipinski definition) is 1. The molecule has 0 saturated carbocycles. The van der Waals surface area contributed by atoms with E-state index in [9.17, 15) is 0 Å². The van der Waals surface area contributed by atoms with Crippen molar-refractivity contribution < 1.29 is 0 Å². The van der Waals surface area contributed by atoms with E-state index >= 15 is 0 Å². The number of aryl methyl sites for hydroxylation is 1. The molecular weight excluding hydrogens is 196 g/mol. The van der Waals surface area contributed by atoms with Gasteiger partial charge in [-0.05, 0) is 44.0 Å². The van der Waals surface area contributed by atoms with Crippen LogP contribution in [0.3, 0.4) is 0 Å². The van der Waals surface area contributed by atoms with Crippen LogP contribution in [-0.2, 0) is 0 Å². The maximum atomic E-state index is 3.55. The second-order valence-corrected chi connectivity index (χ2v) is 5.11. The summed E-state index contributed by atoms with van der Waals surface area (Å²) in [6.45, 7) is 7.22. The quantitative estimate of drug-likeness (QED) is 0.817. The lowest BCUT2D eigenvalue weighted by Crippen LogP contribution is -2.41. The normalized spacial score (nSPS) is 24.4. The highest BCUT2D eigenvalue weighted by Gasteiger charge is 2.25. The molecule has 1 N–H and O–H groups in total. The summed E-state index contributed by atoms with van der Waals surface area (Å²) in [5, 5.41) is 3.55. The maximum absolute atomic E-state index is 3.55. The number of hydrogen-bond acceptors (Lipinski definition) is 2. The van der Waals surface area contributed by atoms with Crippen molar-refractivity contribution in [2.45, 2.75) is 25.7 Å². The first-order chi connectivity index (χ1) is 7.84. The number of benzene rings is 1. The van der Waals surface area contributed by atoms with E-state index in [4.69, 9.17) is 0 Å². The van der Waals surface area contributed by atoms with Gasteiger partial charge in [-0.1, -0.05) is 18.2 Å². The molecule has 0 radical (unpaired) electrons. The lowest BCUT2D eigenvalue weighted by atomic mass is 9.88. The van der Waals surface area contributed by atoms with E-state index in [0.29, 0.717) is 0 Å². The predicted octanol–water partition coefficient (Wildman–Crippen LogP) is 2.60. The van der Waals surface area contributed by atoms with Gasteiger partial charge in [0.05, 0.1) is 0 Å². The Morgan fingerprint density at radius 1 is 1.38 bits per heavy atom. The number of para-hydroxylation sites is 1. The fourth-order valence-electron chi connectivity index (χ4n) is 2.86. The Morgan fingerprint density at radius 3 is 3.00 bits per heavy atom. The third kappa shape index (κ3) is 1.71. The van der Waals surface area contributed by atoms with Gasteiger partial charge in [-0.15, -0.1) is 0 Å². The summed E-state index contributed by atoms with van der Waals surface area (Å²) in [6.07, 6.45) is 2.68. The third-order valence-electron chi connectivity index (χ3n) is 3.97. The fourth-order valence-corrected chi connectivity index (χ4v) is 2.86. The van der Waals surface area contributed by atoms with Crippen LogP contribution in [0.2, 0.25) is 0 Å². The van der Waals surface area contributed by atoms with E-state index in [-0.39, 0.29) is 0 Å². The number of rotatable bonds is 2. The Morgan fingerprint density at radius 2 is 2.25 bits per heavy atom. The van der Waals surface area contributed by atoms with E-state index in [1.165, 1.54) is 49.3 Å². The minimum Gasteiger partial charge on any atom is -0.385 e. The van der Waals surface area contributed by atoms with Gasteiger partial charge in [-0.25, -0.2) is 0 Å². The first-order valence-corrected chi connectivity index (χ1v) is 6.40. The highest BCUT2D eigenvalue weighted by atomic mass is 15.2. The second kappa shape index (κ2) is 4.10. The number of fused-ring (bicyclic) bond motifs is 1. The van der Waals surface area contributed by atoms with Crippen LogP contribution in [0.15, 0.2) is 18.2 Å². The number of nitrogens with one attached hydrogen (secondary N) is 1. The average Bonchev–Trinajstić information content (AvgIpc) is 2.24.